The summed E-state index contributed by atoms with van der Waals surface area (Å²) in [7, 11) is 0. The Balaban J connectivity index is 1.43. The second-order valence-electron chi connectivity index (χ2n) is 6.73. The molecule has 1 atom stereocenters. The number of carbonyl (C=O) groups is 2. The zero-order chi connectivity index (χ0) is 20.1. The number of oxazole rings is 1. The van der Waals surface area contributed by atoms with Gasteiger partial charge in [0.05, 0.1) is 24.0 Å². The molecule has 29 heavy (non-hydrogen) atoms. The number of ether oxygens (including phenoxy) is 1. The molecule has 1 aliphatic heterocycles. The Hall–Kier alpha value is -3.68. The Bertz CT molecular complexity index is 975. The van der Waals surface area contributed by atoms with Crippen molar-refractivity contribution >= 4 is 17.5 Å². The highest BCUT2D eigenvalue weighted by Crippen LogP contribution is 2.30. The van der Waals surface area contributed by atoms with Crippen LogP contribution in [0, 0.1) is 5.92 Å². The second kappa shape index (κ2) is 8.55. The number of carbonyl (C=O) groups excluding carboxylic acids is 2. The number of hydrogen-bond donors (Lipinski definition) is 1. The maximum atomic E-state index is 12.9. The zero-order valence-electron chi connectivity index (χ0n) is 15.7. The average molecular weight is 392 g/mol. The van der Waals surface area contributed by atoms with Crippen molar-refractivity contribution in [3.8, 4) is 11.5 Å². The van der Waals surface area contributed by atoms with Crippen LogP contribution in [0.3, 0.4) is 0 Å². The minimum atomic E-state index is -0.318. The Morgan fingerprint density at radius 3 is 2.83 bits per heavy atom. The molecule has 1 aliphatic rings. The van der Waals surface area contributed by atoms with E-state index in [1.807, 2.05) is 12.1 Å². The van der Waals surface area contributed by atoms with Crippen LogP contribution in [0.4, 0.5) is 5.69 Å². The van der Waals surface area contributed by atoms with E-state index in [0.29, 0.717) is 36.7 Å². The van der Waals surface area contributed by atoms with Gasteiger partial charge in [0, 0.05) is 19.3 Å². The van der Waals surface area contributed by atoms with E-state index < -0.39 is 0 Å². The molecule has 0 saturated carbocycles. The molecule has 8 nitrogen and oxygen atoms in total. The Kier molecular flexibility index (Phi) is 5.51. The highest BCUT2D eigenvalue weighted by molar-refractivity contribution is 5.95. The predicted octanol–water partition coefficient (Wildman–Crippen LogP) is 3.35. The third-order valence-electron chi connectivity index (χ3n) is 4.73. The molecule has 4 rings (SSSR count). The molecule has 2 aromatic heterocycles. The summed E-state index contributed by atoms with van der Waals surface area (Å²) in [6, 6.07) is 10.8. The molecule has 148 valence electrons. The van der Waals surface area contributed by atoms with Crippen LogP contribution in [0.1, 0.15) is 23.4 Å². The Labute approximate surface area is 167 Å². The molecular formula is C21H20N4O4. The maximum Gasteiger partial charge on any atom is 0.291 e. The van der Waals surface area contributed by atoms with Gasteiger partial charge in [-0.25, -0.2) is 4.98 Å². The van der Waals surface area contributed by atoms with Crippen molar-refractivity contribution in [1.29, 1.82) is 0 Å². The summed E-state index contributed by atoms with van der Waals surface area (Å²) >= 11 is 0. The van der Waals surface area contributed by atoms with E-state index in [2.05, 4.69) is 15.3 Å². The molecule has 1 fully saturated rings. The highest BCUT2D eigenvalue weighted by atomic mass is 16.5. The maximum absolute atomic E-state index is 12.9. The van der Waals surface area contributed by atoms with E-state index in [9.17, 15) is 9.59 Å². The van der Waals surface area contributed by atoms with E-state index in [4.69, 9.17) is 9.15 Å². The number of para-hydroxylation sites is 2. The first-order chi connectivity index (χ1) is 14.2. The molecule has 1 N–H and O–H groups in total. The normalized spacial score (nSPS) is 16.3. The fraction of sp³-hybridized carbons (Fsp3) is 0.238. The summed E-state index contributed by atoms with van der Waals surface area (Å²) in [5.74, 6) is 0.570. The van der Waals surface area contributed by atoms with Gasteiger partial charge in [0.15, 0.2) is 12.1 Å². The van der Waals surface area contributed by atoms with Crippen LogP contribution in [0.2, 0.25) is 0 Å². The Morgan fingerprint density at radius 1 is 1.14 bits per heavy atom. The molecule has 1 saturated heterocycles. The molecule has 0 spiro atoms. The number of likely N-dealkylation sites (tertiary alicyclic amines) is 1. The number of pyridine rings is 1. The van der Waals surface area contributed by atoms with Crippen molar-refractivity contribution in [2.45, 2.75) is 12.8 Å². The van der Waals surface area contributed by atoms with Crippen molar-refractivity contribution in [3.05, 3.63) is 67.1 Å². The number of rotatable bonds is 5. The molecule has 0 unspecified atom stereocenters. The monoisotopic (exact) mass is 392 g/mol. The van der Waals surface area contributed by atoms with Crippen LogP contribution < -0.4 is 10.1 Å². The smallest absolute Gasteiger partial charge is 0.291 e. The number of piperidine rings is 1. The number of nitrogens with zero attached hydrogens (tertiary/aromatic N) is 3. The number of nitrogens with one attached hydrogen (secondary N) is 1. The average Bonchev–Trinajstić information content (AvgIpc) is 3.30. The van der Waals surface area contributed by atoms with Crippen LogP contribution in [0.15, 0.2) is 65.8 Å². The molecule has 8 heteroatoms. The van der Waals surface area contributed by atoms with Gasteiger partial charge >= 0.3 is 0 Å². The van der Waals surface area contributed by atoms with E-state index in [-0.39, 0.29) is 23.5 Å². The Morgan fingerprint density at radius 2 is 2.03 bits per heavy atom. The fourth-order valence-corrected chi connectivity index (χ4v) is 3.28. The number of amides is 2. The summed E-state index contributed by atoms with van der Waals surface area (Å²) in [5.41, 5.74) is 0.569. The molecular weight excluding hydrogens is 372 g/mol. The SMILES string of the molecule is O=C(Nc1ccccc1Oc1cccnc1)[C@H]1CCCN(C(=O)c2cnco2)C1. The van der Waals surface area contributed by atoms with Crippen LogP contribution >= 0.6 is 0 Å². The van der Waals surface area contributed by atoms with Crippen LogP contribution in [-0.2, 0) is 4.79 Å². The third kappa shape index (κ3) is 4.43. The van der Waals surface area contributed by atoms with Crippen molar-refractivity contribution in [1.82, 2.24) is 14.9 Å². The lowest BCUT2D eigenvalue weighted by Gasteiger charge is -2.31. The van der Waals surface area contributed by atoms with Gasteiger partial charge in [-0.05, 0) is 37.1 Å². The highest BCUT2D eigenvalue weighted by Gasteiger charge is 2.30. The van der Waals surface area contributed by atoms with E-state index in [1.54, 1.807) is 41.6 Å². The number of anilines is 1. The first-order valence-electron chi connectivity index (χ1n) is 9.36. The molecule has 3 aromatic rings. The number of hydrogen-bond acceptors (Lipinski definition) is 6. The molecule has 2 amide bonds. The molecule has 0 bridgehead atoms. The quantitative estimate of drug-likeness (QED) is 0.715. The summed E-state index contributed by atoms with van der Waals surface area (Å²) in [4.78, 5) is 34.8. The van der Waals surface area contributed by atoms with Crippen LogP contribution in [0.5, 0.6) is 11.5 Å². The van der Waals surface area contributed by atoms with Gasteiger partial charge in [-0.1, -0.05) is 12.1 Å². The van der Waals surface area contributed by atoms with Gasteiger partial charge < -0.3 is 19.4 Å². The van der Waals surface area contributed by atoms with Crippen LogP contribution in [-0.4, -0.2) is 39.8 Å². The van der Waals surface area contributed by atoms with Gasteiger partial charge in [-0.2, -0.15) is 0 Å². The minimum Gasteiger partial charge on any atom is -0.454 e. The van der Waals surface area contributed by atoms with Crippen LogP contribution in [0.25, 0.3) is 0 Å². The van der Waals surface area contributed by atoms with Crippen molar-refractivity contribution < 1.29 is 18.7 Å². The fourth-order valence-electron chi connectivity index (χ4n) is 3.28. The van der Waals surface area contributed by atoms with Gasteiger partial charge in [-0.3, -0.25) is 14.6 Å². The lowest BCUT2D eigenvalue weighted by atomic mass is 9.96. The molecule has 1 aromatic carbocycles. The summed E-state index contributed by atoms with van der Waals surface area (Å²) in [6.07, 6.45) is 7.32. The van der Waals surface area contributed by atoms with Gasteiger partial charge in [0.1, 0.15) is 5.75 Å². The zero-order valence-corrected chi connectivity index (χ0v) is 15.7. The predicted molar refractivity (Wildman–Crippen MR) is 105 cm³/mol. The summed E-state index contributed by atoms with van der Waals surface area (Å²) in [5, 5.41) is 2.94. The van der Waals surface area contributed by atoms with E-state index in [0.717, 1.165) is 6.42 Å². The number of benzene rings is 1. The largest absolute Gasteiger partial charge is 0.454 e. The second-order valence-corrected chi connectivity index (χ2v) is 6.73. The lowest BCUT2D eigenvalue weighted by Crippen LogP contribution is -2.43. The first-order valence-corrected chi connectivity index (χ1v) is 9.36. The summed E-state index contributed by atoms with van der Waals surface area (Å²) in [6.45, 7) is 0.918. The van der Waals surface area contributed by atoms with E-state index in [1.165, 1.54) is 12.6 Å². The lowest BCUT2D eigenvalue weighted by molar-refractivity contribution is -0.121. The first kappa shape index (κ1) is 18.7. The van der Waals surface area contributed by atoms with E-state index >= 15 is 0 Å². The molecule has 0 aliphatic carbocycles. The van der Waals surface area contributed by atoms with Crippen molar-refractivity contribution in [2.24, 2.45) is 5.92 Å². The van der Waals surface area contributed by atoms with Gasteiger partial charge in [0.25, 0.3) is 5.91 Å². The third-order valence-corrected chi connectivity index (χ3v) is 4.73. The topological polar surface area (TPSA) is 97.6 Å². The van der Waals surface area contributed by atoms with Crippen molar-refractivity contribution in [3.63, 3.8) is 0 Å². The molecule has 3 heterocycles. The minimum absolute atomic E-state index is 0.151. The number of aromatic nitrogens is 2. The van der Waals surface area contributed by atoms with Gasteiger partial charge in [0.2, 0.25) is 11.7 Å². The summed E-state index contributed by atoms with van der Waals surface area (Å²) < 4.78 is 10.9. The molecule has 0 radical (unpaired) electrons. The van der Waals surface area contributed by atoms with Gasteiger partial charge in [-0.15, -0.1) is 0 Å². The van der Waals surface area contributed by atoms with Crippen molar-refractivity contribution in [2.75, 3.05) is 18.4 Å². The standard InChI is InChI=1S/C21H20N4O4/c26-20(15-5-4-10-25(13-15)21(27)19-12-23-14-28-19)24-17-7-1-2-8-18(17)29-16-6-3-9-22-11-16/h1-3,6-9,11-12,14-15H,4-5,10,13H2,(H,24,26)/t15-/m0/s1.